The molecule has 0 spiro atoms. The van der Waals surface area contributed by atoms with Crippen molar-refractivity contribution in [3.63, 3.8) is 0 Å². The molecule has 2 bridgehead atoms. The van der Waals surface area contributed by atoms with Crippen molar-refractivity contribution >= 4 is 46.5 Å². The van der Waals surface area contributed by atoms with Crippen LogP contribution in [-0.4, -0.2) is 88.5 Å². The van der Waals surface area contributed by atoms with Gasteiger partial charge in [0.25, 0.3) is 5.91 Å². The number of hydrogen-bond acceptors (Lipinski definition) is 9. The highest BCUT2D eigenvalue weighted by atomic mass is 35.5. The number of fused-ring (bicyclic) bond motifs is 3. The van der Waals surface area contributed by atoms with Crippen LogP contribution in [0.25, 0.3) is 11.1 Å². The first-order valence-corrected chi connectivity index (χ1v) is 16.5. The number of esters is 1. The number of hydrogen-bond donors (Lipinski definition) is 0. The van der Waals surface area contributed by atoms with E-state index in [-0.39, 0.29) is 58.1 Å². The molecule has 254 valence electrons. The van der Waals surface area contributed by atoms with E-state index in [4.69, 9.17) is 46.9 Å². The lowest BCUT2D eigenvalue weighted by molar-refractivity contribution is -0.242. The van der Waals surface area contributed by atoms with E-state index in [1.54, 1.807) is 44.6 Å². The third kappa shape index (κ3) is 5.27. The maximum absolute atomic E-state index is 15.9. The zero-order valence-corrected chi connectivity index (χ0v) is 28.6. The molecular formula is C35H36Cl2FN3O7. The van der Waals surface area contributed by atoms with Gasteiger partial charge in [0.15, 0.2) is 6.73 Å². The number of amides is 1. The van der Waals surface area contributed by atoms with Crippen molar-refractivity contribution in [1.29, 1.82) is 0 Å². The number of para-hydroxylation sites is 1. The number of ether oxygens (including phenoxy) is 5. The van der Waals surface area contributed by atoms with Gasteiger partial charge in [-0.3, -0.25) is 4.79 Å². The Bertz CT molecular complexity index is 1750. The van der Waals surface area contributed by atoms with Gasteiger partial charge < -0.3 is 38.4 Å². The normalized spacial score (nSPS) is 22.6. The standard InChI is InChI=1S/C35H36Cl2FN3O7/c1-19-35(45-3,46-4)17-40(19)23-10-27(36)31(28(37)11-23)33(42)39-14-20-6-5-7-24(32(20)48-18-39)25-13-30(26(12-29(25)38)34(43)44-2)41-21-8-9-22(41)16-47-15-21/h5-7,10-13,19,21-22H,8-9,14-18H2,1-4H3/t19-,21?,22?/m1/s1. The number of nitrogens with zero attached hydrogens (tertiary/aromatic N) is 3. The highest BCUT2D eigenvalue weighted by Gasteiger charge is 2.52. The van der Waals surface area contributed by atoms with E-state index in [1.165, 1.54) is 18.1 Å². The molecule has 48 heavy (non-hydrogen) atoms. The lowest BCUT2D eigenvalue weighted by atomic mass is 9.94. The molecule has 3 aromatic rings. The molecule has 0 aromatic heterocycles. The monoisotopic (exact) mass is 699 g/mol. The van der Waals surface area contributed by atoms with E-state index >= 15 is 4.39 Å². The molecule has 3 atom stereocenters. The van der Waals surface area contributed by atoms with Crippen molar-refractivity contribution in [2.24, 2.45) is 0 Å². The molecular weight excluding hydrogens is 664 g/mol. The van der Waals surface area contributed by atoms with Crippen molar-refractivity contribution in [2.75, 3.05) is 57.6 Å². The molecule has 0 aliphatic carbocycles. The van der Waals surface area contributed by atoms with Crippen molar-refractivity contribution in [3.05, 3.63) is 75.0 Å². The fraction of sp³-hybridized carbons (Fsp3) is 0.429. The second-order valence-corrected chi connectivity index (χ2v) is 13.4. The number of carbonyl (C=O) groups is 2. The molecule has 0 saturated carbocycles. The van der Waals surface area contributed by atoms with E-state index in [9.17, 15) is 9.59 Å². The Balaban J connectivity index is 1.17. The molecule has 7 rings (SSSR count). The van der Waals surface area contributed by atoms with Gasteiger partial charge in [-0.2, -0.15) is 0 Å². The van der Waals surface area contributed by atoms with Crippen molar-refractivity contribution in [1.82, 2.24) is 4.90 Å². The van der Waals surface area contributed by atoms with E-state index in [0.29, 0.717) is 42.3 Å². The van der Waals surface area contributed by atoms with Gasteiger partial charge in [-0.15, -0.1) is 0 Å². The SMILES string of the molecule is COC(=O)c1cc(F)c(-c2cccc3c2OCN(C(=O)c2c(Cl)cc(N4CC(OC)(OC)[C@H]4C)cc2Cl)C3)cc1N1C2CCC1COC2. The van der Waals surface area contributed by atoms with Gasteiger partial charge in [-0.1, -0.05) is 41.4 Å². The first kappa shape index (κ1) is 32.9. The van der Waals surface area contributed by atoms with Crippen LogP contribution in [0.2, 0.25) is 10.0 Å². The van der Waals surface area contributed by atoms with E-state index in [1.807, 2.05) is 17.9 Å². The molecule has 1 amide bonds. The van der Waals surface area contributed by atoms with Crippen LogP contribution in [0.3, 0.4) is 0 Å². The summed E-state index contributed by atoms with van der Waals surface area (Å²) in [5.41, 5.74) is 3.17. The predicted octanol–water partition coefficient (Wildman–Crippen LogP) is 6.14. The average molecular weight is 701 g/mol. The fourth-order valence-corrected chi connectivity index (χ4v) is 8.12. The Kier molecular flexibility index (Phi) is 8.70. The van der Waals surface area contributed by atoms with Gasteiger partial charge in [0.05, 0.1) is 78.4 Å². The van der Waals surface area contributed by atoms with Crippen LogP contribution in [-0.2, 0) is 25.5 Å². The Labute approximate surface area is 288 Å². The molecule has 2 unspecified atom stereocenters. The molecule has 4 aliphatic rings. The number of halogens is 3. The highest BCUT2D eigenvalue weighted by molar-refractivity contribution is 6.40. The van der Waals surface area contributed by atoms with Crippen molar-refractivity contribution < 1.29 is 37.7 Å². The summed E-state index contributed by atoms with van der Waals surface area (Å²) in [6, 6.07) is 11.8. The largest absolute Gasteiger partial charge is 0.472 e. The lowest BCUT2D eigenvalue weighted by Gasteiger charge is -2.54. The molecule has 3 saturated heterocycles. The van der Waals surface area contributed by atoms with Crippen LogP contribution < -0.4 is 14.5 Å². The third-order valence-electron chi connectivity index (χ3n) is 10.2. The second kappa shape index (κ2) is 12.7. The Morgan fingerprint density at radius 1 is 0.979 bits per heavy atom. The van der Waals surface area contributed by atoms with E-state index < -0.39 is 23.5 Å². The summed E-state index contributed by atoms with van der Waals surface area (Å²) in [6.45, 7) is 3.60. The third-order valence-corrected chi connectivity index (χ3v) is 10.8. The van der Waals surface area contributed by atoms with Gasteiger partial charge in [0, 0.05) is 36.6 Å². The Morgan fingerprint density at radius 2 is 1.67 bits per heavy atom. The molecule has 4 heterocycles. The van der Waals surface area contributed by atoms with Crippen LogP contribution >= 0.6 is 23.2 Å². The van der Waals surface area contributed by atoms with Crippen LogP contribution in [0.15, 0.2) is 42.5 Å². The second-order valence-electron chi connectivity index (χ2n) is 12.5. The Morgan fingerprint density at radius 3 is 2.29 bits per heavy atom. The number of morpholine rings is 1. The minimum Gasteiger partial charge on any atom is -0.472 e. The summed E-state index contributed by atoms with van der Waals surface area (Å²) in [5, 5.41) is 0.415. The van der Waals surface area contributed by atoms with Gasteiger partial charge in [0.2, 0.25) is 5.79 Å². The molecule has 3 fully saturated rings. The van der Waals surface area contributed by atoms with Crippen LogP contribution in [0.1, 0.15) is 46.0 Å². The summed E-state index contributed by atoms with van der Waals surface area (Å²) in [4.78, 5) is 32.3. The number of methoxy groups -OCH3 is 3. The Hall–Kier alpha value is -3.61. The van der Waals surface area contributed by atoms with Gasteiger partial charge in [-0.25, -0.2) is 9.18 Å². The number of anilines is 2. The minimum absolute atomic E-state index is 0.0808. The van der Waals surface area contributed by atoms with Crippen molar-refractivity contribution in [3.8, 4) is 16.9 Å². The first-order valence-electron chi connectivity index (χ1n) is 15.8. The maximum atomic E-state index is 15.9. The summed E-state index contributed by atoms with van der Waals surface area (Å²) >= 11 is 13.4. The summed E-state index contributed by atoms with van der Waals surface area (Å²) in [5.74, 6) is -1.86. The number of rotatable bonds is 7. The van der Waals surface area contributed by atoms with Crippen LogP contribution in [0.5, 0.6) is 5.75 Å². The van der Waals surface area contributed by atoms with Gasteiger partial charge >= 0.3 is 5.97 Å². The van der Waals surface area contributed by atoms with E-state index in [0.717, 1.165) is 18.5 Å². The van der Waals surface area contributed by atoms with E-state index in [2.05, 4.69) is 4.90 Å². The molecule has 10 nitrogen and oxygen atoms in total. The number of carbonyl (C=O) groups excluding carboxylic acids is 2. The molecule has 0 radical (unpaired) electrons. The maximum Gasteiger partial charge on any atom is 0.340 e. The van der Waals surface area contributed by atoms with Crippen LogP contribution in [0.4, 0.5) is 15.8 Å². The zero-order chi connectivity index (χ0) is 33.9. The molecule has 3 aromatic carbocycles. The fourth-order valence-electron chi connectivity index (χ4n) is 7.48. The summed E-state index contributed by atoms with van der Waals surface area (Å²) in [7, 11) is 4.49. The highest BCUT2D eigenvalue weighted by Crippen LogP contribution is 2.44. The quantitative estimate of drug-likeness (QED) is 0.213. The topological polar surface area (TPSA) is 90.0 Å². The summed E-state index contributed by atoms with van der Waals surface area (Å²) < 4.78 is 44.0. The van der Waals surface area contributed by atoms with Gasteiger partial charge in [0.1, 0.15) is 11.6 Å². The molecule has 0 N–H and O–H groups in total. The lowest BCUT2D eigenvalue weighted by Crippen LogP contribution is -2.70. The first-order chi connectivity index (χ1) is 23.1. The average Bonchev–Trinajstić information content (AvgIpc) is 3.33. The molecule has 4 aliphatic heterocycles. The van der Waals surface area contributed by atoms with Crippen molar-refractivity contribution in [2.45, 2.75) is 50.2 Å². The zero-order valence-electron chi connectivity index (χ0n) is 27.1. The molecule has 13 heteroatoms. The minimum atomic E-state index is -0.735. The predicted molar refractivity (Wildman–Crippen MR) is 179 cm³/mol. The van der Waals surface area contributed by atoms with Crippen LogP contribution in [0, 0.1) is 5.82 Å². The van der Waals surface area contributed by atoms with Gasteiger partial charge in [-0.05, 0) is 44.0 Å². The summed E-state index contributed by atoms with van der Waals surface area (Å²) in [6.07, 6.45) is 1.84. The smallest absolute Gasteiger partial charge is 0.340 e. The number of benzene rings is 3.